The van der Waals surface area contributed by atoms with Gasteiger partial charge in [0.05, 0.1) is 13.7 Å². The summed E-state index contributed by atoms with van der Waals surface area (Å²) in [4.78, 5) is 24.7. The van der Waals surface area contributed by atoms with Gasteiger partial charge in [-0.15, -0.1) is 22.8 Å². The highest BCUT2D eigenvalue weighted by molar-refractivity contribution is 7.80. The Kier molecular flexibility index (Phi) is 10.2. The summed E-state index contributed by atoms with van der Waals surface area (Å²) in [5.74, 6) is 2.28. The van der Waals surface area contributed by atoms with Crippen LogP contribution in [0.15, 0.2) is 39.8 Å². The Balaban J connectivity index is 0.000000270. The van der Waals surface area contributed by atoms with Gasteiger partial charge in [-0.05, 0) is 68.6 Å². The fraction of sp³-hybridized carbons (Fsp3) is 0.500. The number of methoxy groups -OCH3 is 1. The minimum absolute atomic E-state index is 0.0698. The van der Waals surface area contributed by atoms with Crippen molar-refractivity contribution in [3.8, 4) is 5.75 Å². The Hall–Kier alpha value is -3.15. The second-order valence-corrected chi connectivity index (χ2v) is 10.4. The van der Waals surface area contributed by atoms with E-state index in [9.17, 15) is 4.79 Å². The van der Waals surface area contributed by atoms with Crippen LogP contribution in [0.4, 0.5) is 5.82 Å². The maximum atomic E-state index is 12.5. The van der Waals surface area contributed by atoms with Gasteiger partial charge >= 0.3 is 11.8 Å². The minimum Gasteiger partial charge on any atom is -0.497 e. The Labute approximate surface area is 236 Å². The number of ether oxygens (including phenoxy) is 1. The molecule has 2 aliphatic heterocycles. The lowest BCUT2D eigenvalue weighted by Crippen LogP contribution is -2.48. The first-order valence-electron chi connectivity index (χ1n) is 13.4. The third kappa shape index (κ3) is 7.71. The number of nitrogens with zero attached hydrogens (tertiary/aromatic N) is 6. The zero-order chi connectivity index (χ0) is 27.8. The fourth-order valence-corrected chi connectivity index (χ4v) is 4.87. The van der Waals surface area contributed by atoms with Gasteiger partial charge < -0.3 is 24.3 Å². The third-order valence-electron chi connectivity index (χ3n) is 6.98. The van der Waals surface area contributed by atoms with E-state index in [0.717, 1.165) is 60.3 Å². The van der Waals surface area contributed by atoms with Gasteiger partial charge in [-0.1, -0.05) is 6.07 Å². The standard InChI is InChI=1S/C19H27N7O2.C9H12OS/c1-20-13-17-22-23-18(28-17)19(27)26-10-8-24(9-11-26)14-15-4-5-16(21-12-15)25-6-2-3-7-25;1-6-4-8(10-3)5-7(2)9(6)11/h4-5,12,20H,2-3,6-11,13-14H2,1H3;4-5,11H,1-3H3. The molecular formula is C28H39N7O3S. The van der Waals surface area contributed by atoms with Gasteiger partial charge in [-0.25, -0.2) is 4.98 Å². The van der Waals surface area contributed by atoms with Crippen LogP contribution in [-0.2, 0) is 13.1 Å². The second kappa shape index (κ2) is 13.8. The molecule has 1 aromatic carbocycles. The lowest BCUT2D eigenvalue weighted by Gasteiger charge is -2.34. The minimum atomic E-state index is -0.189. The normalized spacial score (nSPS) is 15.7. The van der Waals surface area contributed by atoms with Crippen LogP contribution in [0.3, 0.4) is 0 Å². The molecule has 11 heteroatoms. The van der Waals surface area contributed by atoms with Crippen molar-refractivity contribution in [2.45, 2.75) is 44.7 Å². The molecule has 39 heavy (non-hydrogen) atoms. The first-order chi connectivity index (χ1) is 18.9. The molecule has 4 heterocycles. The number of hydrogen-bond acceptors (Lipinski definition) is 10. The number of benzene rings is 1. The van der Waals surface area contributed by atoms with Crippen LogP contribution in [0.25, 0.3) is 0 Å². The van der Waals surface area contributed by atoms with Crippen LogP contribution >= 0.6 is 12.6 Å². The average Bonchev–Trinajstić information content (AvgIpc) is 3.66. The SMILES string of the molecule is CNCc1nnc(C(=O)N2CCN(Cc3ccc(N4CCCC4)nc3)CC2)o1.COc1cc(C)c(S)c(C)c1. The lowest BCUT2D eigenvalue weighted by molar-refractivity contribution is 0.0588. The summed E-state index contributed by atoms with van der Waals surface area (Å²) in [7, 11) is 3.47. The van der Waals surface area contributed by atoms with E-state index < -0.39 is 0 Å². The molecule has 0 saturated carbocycles. The molecule has 0 unspecified atom stereocenters. The number of pyridine rings is 1. The summed E-state index contributed by atoms with van der Waals surface area (Å²) in [6, 6.07) is 8.25. The van der Waals surface area contributed by atoms with Crippen molar-refractivity contribution in [1.29, 1.82) is 0 Å². The number of piperazine rings is 1. The molecule has 0 atom stereocenters. The van der Waals surface area contributed by atoms with Crippen LogP contribution in [0.5, 0.6) is 5.75 Å². The number of nitrogens with one attached hydrogen (secondary N) is 1. The number of amides is 1. The molecule has 0 spiro atoms. The van der Waals surface area contributed by atoms with Crippen molar-refractivity contribution in [3.05, 3.63) is 58.9 Å². The van der Waals surface area contributed by atoms with Crippen molar-refractivity contribution >= 4 is 24.4 Å². The van der Waals surface area contributed by atoms with Gasteiger partial charge in [0.1, 0.15) is 11.6 Å². The van der Waals surface area contributed by atoms with Crippen LogP contribution in [0.2, 0.25) is 0 Å². The molecule has 2 saturated heterocycles. The van der Waals surface area contributed by atoms with E-state index in [-0.39, 0.29) is 11.8 Å². The third-order valence-corrected chi connectivity index (χ3v) is 7.69. The van der Waals surface area contributed by atoms with Crippen LogP contribution in [0, 0.1) is 13.8 Å². The number of anilines is 1. The molecule has 10 nitrogen and oxygen atoms in total. The van der Waals surface area contributed by atoms with E-state index >= 15 is 0 Å². The van der Waals surface area contributed by atoms with E-state index in [4.69, 9.17) is 9.15 Å². The molecule has 5 rings (SSSR count). The summed E-state index contributed by atoms with van der Waals surface area (Å²) >= 11 is 4.34. The molecule has 0 aliphatic carbocycles. The maximum Gasteiger partial charge on any atom is 0.311 e. The van der Waals surface area contributed by atoms with E-state index in [2.05, 4.69) is 55.1 Å². The zero-order valence-electron chi connectivity index (χ0n) is 23.3. The number of carbonyl (C=O) groups excluding carboxylic acids is 1. The number of carbonyl (C=O) groups is 1. The molecule has 3 aromatic rings. The number of aromatic nitrogens is 3. The highest BCUT2D eigenvalue weighted by Crippen LogP contribution is 2.24. The number of aryl methyl sites for hydroxylation is 2. The summed E-state index contributed by atoms with van der Waals surface area (Å²) < 4.78 is 10.5. The predicted molar refractivity (Wildman–Crippen MR) is 154 cm³/mol. The van der Waals surface area contributed by atoms with Gasteiger partial charge in [0.15, 0.2) is 0 Å². The van der Waals surface area contributed by atoms with Crippen molar-refractivity contribution in [2.24, 2.45) is 0 Å². The summed E-state index contributed by atoms with van der Waals surface area (Å²) in [5, 5.41) is 10.7. The number of thiol groups is 1. The van der Waals surface area contributed by atoms with E-state index in [1.165, 1.54) is 18.4 Å². The molecule has 0 radical (unpaired) electrons. The van der Waals surface area contributed by atoms with Crippen molar-refractivity contribution in [3.63, 3.8) is 0 Å². The topological polar surface area (TPSA) is 99.9 Å². The van der Waals surface area contributed by atoms with Gasteiger partial charge in [0, 0.05) is 56.9 Å². The lowest BCUT2D eigenvalue weighted by atomic mass is 10.1. The maximum absolute atomic E-state index is 12.5. The van der Waals surface area contributed by atoms with Gasteiger partial charge in [0.25, 0.3) is 0 Å². The predicted octanol–water partition coefficient (Wildman–Crippen LogP) is 3.34. The van der Waals surface area contributed by atoms with E-state index in [1.807, 2.05) is 32.2 Å². The number of rotatable bonds is 7. The van der Waals surface area contributed by atoms with Crippen LogP contribution in [0.1, 0.15) is 46.1 Å². The van der Waals surface area contributed by atoms with Crippen LogP contribution < -0.4 is 15.0 Å². The monoisotopic (exact) mass is 553 g/mol. The fourth-order valence-electron chi connectivity index (χ4n) is 4.74. The van der Waals surface area contributed by atoms with Crippen molar-refractivity contribution < 1.29 is 13.9 Å². The largest absolute Gasteiger partial charge is 0.497 e. The van der Waals surface area contributed by atoms with Gasteiger partial charge in [-0.3, -0.25) is 9.69 Å². The Bertz CT molecular complexity index is 1200. The molecule has 1 N–H and O–H groups in total. The highest BCUT2D eigenvalue weighted by atomic mass is 32.1. The highest BCUT2D eigenvalue weighted by Gasteiger charge is 2.26. The first-order valence-corrected chi connectivity index (χ1v) is 13.9. The molecule has 1 amide bonds. The number of hydrogen-bond donors (Lipinski definition) is 2. The Morgan fingerprint density at radius 2 is 1.74 bits per heavy atom. The van der Waals surface area contributed by atoms with Crippen molar-refractivity contribution in [2.75, 3.05) is 58.3 Å². The Morgan fingerprint density at radius 3 is 2.33 bits per heavy atom. The molecular weight excluding hydrogens is 514 g/mol. The Morgan fingerprint density at radius 1 is 1.05 bits per heavy atom. The molecule has 210 valence electrons. The van der Waals surface area contributed by atoms with E-state index in [0.29, 0.717) is 25.5 Å². The molecule has 2 aliphatic rings. The van der Waals surface area contributed by atoms with Gasteiger partial charge in [0.2, 0.25) is 5.89 Å². The molecule has 2 fully saturated rings. The summed E-state index contributed by atoms with van der Waals surface area (Å²) in [6.07, 6.45) is 4.49. The quantitative estimate of drug-likeness (QED) is 0.427. The zero-order valence-corrected chi connectivity index (χ0v) is 24.2. The molecule has 0 bridgehead atoms. The van der Waals surface area contributed by atoms with Crippen molar-refractivity contribution in [1.82, 2.24) is 30.3 Å². The smallest absolute Gasteiger partial charge is 0.311 e. The summed E-state index contributed by atoms with van der Waals surface area (Å²) in [6.45, 7) is 10.5. The average molecular weight is 554 g/mol. The van der Waals surface area contributed by atoms with Gasteiger partial charge in [-0.2, -0.15) is 0 Å². The second-order valence-electron chi connectivity index (χ2n) is 9.93. The first kappa shape index (κ1) is 28.8. The van der Waals surface area contributed by atoms with Crippen LogP contribution in [-0.4, -0.2) is 84.3 Å². The summed E-state index contributed by atoms with van der Waals surface area (Å²) in [5.41, 5.74) is 3.52. The van der Waals surface area contributed by atoms with E-state index in [1.54, 1.807) is 19.1 Å². The molecule has 2 aromatic heterocycles.